The van der Waals surface area contributed by atoms with Crippen molar-refractivity contribution in [1.29, 1.82) is 0 Å². The van der Waals surface area contributed by atoms with Gasteiger partial charge in [-0.3, -0.25) is 19.1 Å². The summed E-state index contributed by atoms with van der Waals surface area (Å²) in [4.78, 5) is 41.6. The van der Waals surface area contributed by atoms with E-state index in [0.29, 0.717) is 5.69 Å². The quantitative estimate of drug-likeness (QED) is 0.226. The summed E-state index contributed by atoms with van der Waals surface area (Å²) in [5.74, 6) is -1.07. The highest BCUT2D eigenvalue weighted by Gasteiger charge is 2.19. The summed E-state index contributed by atoms with van der Waals surface area (Å²) in [7, 11) is -4.61. The van der Waals surface area contributed by atoms with E-state index in [9.17, 15) is 22.8 Å². The van der Waals surface area contributed by atoms with Gasteiger partial charge in [-0.05, 0) is 12.1 Å². The molecule has 0 aliphatic rings. The lowest BCUT2D eigenvalue weighted by atomic mass is 10.3. The van der Waals surface area contributed by atoms with Gasteiger partial charge < -0.3 is 15.3 Å². The number of carbonyl (C=O) groups is 1. The number of rotatable bonds is 4. The molecule has 0 fully saturated rings. The lowest BCUT2D eigenvalue weighted by Crippen LogP contribution is -2.33. The number of nitrogens with zero attached hydrogens (tertiary/aromatic N) is 2. The van der Waals surface area contributed by atoms with Gasteiger partial charge in [-0.1, -0.05) is 18.2 Å². The van der Waals surface area contributed by atoms with Gasteiger partial charge in [-0.25, -0.2) is 9.36 Å². The first-order valence-electron chi connectivity index (χ1n) is 7.02. The van der Waals surface area contributed by atoms with Crippen LogP contribution >= 0.6 is 0 Å². The fourth-order valence-corrected chi connectivity index (χ4v) is 2.40. The van der Waals surface area contributed by atoms with E-state index in [1.807, 2.05) is 0 Å². The average molecular weight is 399 g/mol. The van der Waals surface area contributed by atoms with Crippen LogP contribution in [-0.2, 0) is 14.9 Å². The molecule has 27 heavy (non-hydrogen) atoms. The zero-order valence-electron chi connectivity index (χ0n) is 13.3. The molecule has 0 radical (unpaired) electrons. The normalized spacial score (nSPS) is 11.0. The zero-order chi connectivity index (χ0) is 20.2. The fraction of sp³-hybridized carbons (Fsp3) is 0.0769. The van der Waals surface area contributed by atoms with Crippen molar-refractivity contribution in [3.63, 3.8) is 0 Å². The number of carboxylic acids is 1. The molecular formula is C13H13N5O8S. The number of carboxylic acid groups (broad SMARTS) is 1. The van der Waals surface area contributed by atoms with E-state index < -0.39 is 39.0 Å². The van der Waals surface area contributed by atoms with Gasteiger partial charge in [0.2, 0.25) is 0 Å². The number of hydrogen-bond donors (Lipinski definition) is 6. The largest absolute Gasteiger partial charge is 0.480 e. The Bertz CT molecular complexity index is 1180. The molecule has 14 heteroatoms. The van der Waals surface area contributed by atoms with Crippen molar-refractivity contribution < 1.29 is 28.1 Å². The van der Waals surface area contributed by atoms with Gasteiger partial charge in [0.25, 0.3) is 10.7 Å². The maximum absolute atomic E-state index is 12.3. The van der Waals surface area contributed by atoms with Crippen LogP contribution in [0.1, 0.15) is 0 Å². The molecule has 0 saturated heterocycles. The summed E-state index contributed by atoms with van der Waals surface area (Å²) in [5, 5.41) is 14.5. The van der Waals surface area contributed by atoms with Crippen molar-refractivity contribution in [3.8, 4) is 5.69 Å². The molecule has 0 aliphatic heterocycles. The Morgan fingerprint density at radius 3 is 2.30 bits per heavy atom. The molecule has 0 aliphatic carbocycles. The summed E-state index contributed by atoms with van der Waals surface area (Å²) < 4.78 is 31.8. The molecule has 13 nitrogen and oxygen atoms in total. The maximum atomic E-state index is 12.3. The van der Waals surface area contributed by atoms with Crippen LogP contribution in [0.4, 0.5) is 0 Å². The molecule has 0 bridgehead atoms. The van der Waals surface area contributed by atoms with Gasteiger partial charge in [0, 0.05) is 0 Å². The third kappa shape index (κ3) is 4.64. The highest BCUT2D eigenvalue weighted by molar-refractivity contribution is 7.85. The molecule has 6 N–H and O–H groups in total. The number of aliphatic carboxylic acids is 1. The first kappa shape index (κ1) is 20.0. The molecular weight excluding hydrogens is 386 g/mol. The van der Waals surface area contributed by atoms with Crippen molar-refractivity contribution in [2.24, 2.45) is 0 Å². The number of benzene rings is 1. The Hall–Kier alpha value is -3.33. The predicted octanol–water partition coefficient (Wildman–Crippen LogP) is -1.30. The molecule has 3 rings (SSSR count). The van der Waals surface area contributed by atoms with E-state index in [2.05, 4.69) is 15.0 Å². The Balaban J connectivity index is 0.000000380. The van der Waals surface area contributed by atoms with Crippen LogP contribution in [0.3, 0.4) is 0 Å². The van der Waals surface area contributed by atoms with E-state index in [1.165, 1.54) is 5.48 Å². The number of nitrogens with one attached hydrogen (secondary N) is 3. The molecule has 0 spiro atoms. The van der Waals surface area contributed by atoms with Crippen molar-refractivity contribution in [2.45, 2.75) is 5.16 Å². The molecule has 144 valence electrons. The van der Waals surface area contributed by atoms with Crippen LogP contribution in [0.5, 0.6) is 0 Å². The second-order valence-electron chi connectivity index (χ2n) is 4.88. The first-order chi connectivity index (χ1) is 12.6. The number of aromatic nitrogens is 4. The van der Waals surface area contributed by atoms with Gasteiger partial charge in [-0.2, -0.15) is 18.9 Å². The van der Waals surface area contributed by atoms with E-state index in [-0.39, 0.29) is 11.2 Å². The number of H-pyrrole nitrogens is 2. The molecule has 2 heterocycles. The Morgan fingerprint density at radius 1 is 1.19 bits per heavy atom. The number of hydroxylamine groups is 1. The van der Waals surface area contributed by atoms with E-state index in [0.717, 1.165) is 4.57 Å². The minimum absolute atomic E-state index is 0.230. The van der Waals surface area contributed by atoms with Crippen molar-refractivity contribution in [2.75, 3.05) is 6.54 Å². The second-order valence-corrected chi connectivity index (χ2v) is 6.21. The molecule has 0 unspecified atom stereocenters. The summed E-state index contributed by atoms with van der Waals surface area (Å²) in [6, 6.07) is 8.09. The highest BCUT2D eigenvalue weighted by atomic mass is 32.2. The first-order valence-corrected chi connectivity index (χ1v) is 8.46. The minimum Gasteiger partial charge on any atom is -0.480 e. The third-order valence-corrected chi connectivity index (χ3v) is 3.70. The monoisotopic (exact) mass is 399 g/mol. The summed E-state index contributed by atoms with van der Waals surface area (Å²) in [5.41, 5.74) is -0.242. The predicted molar refractivity (Wildman–Crippen MR) is 89.6 cm³/mol. The topological polar surface area (TPSA) is 207 Å². The van der Waals surface area contributed by atoms with E-state index in [1.54, 1.807) is 30.3 Å². The van der Waals surface area contributed by atoms with E-state index >= 15 is 0 Å². The minimum atomic E-state index is -4.61. The number of aromatic amines is 2. The van der Waals surface area contributed by atoms with Crippen LogP contribution in [0.25, 0.3) is 16.9 Å². The second kappa shape index (κ2) is 7.92. The van der Waals surface area contributed by atoms with E-state index in [4.69, 9.17) is 14.9 Å². The lowest BCUT2D eigenvalue weighted by molar-refractivity contribution is -0.137. The van der Waals surface area contributed by atoms with Gasteiger partial charge in [0.05, 0.1) is 5.69 Å². The van der Waals surface area contributed by atoms with Crippen LogP contribution in [0.2, 0.25) is 0 Å². The number of fused-ring (bicyclic) bond motifs is 1. The van der Waals surface area contributed by atoms with Gasteiger partial charge in [0.15, 0.2) is 11.2 Å². The molecule has 1 aromatic carbocycles. The lowest BCUT2D eigenvalue weighted by Gasteiger charge is -2.03. The van der Waals surface area contributed by atoms with Crippen molar-refractivity contribution in [3.05, 3.63) is 51.2 Å². The number of imidazole rings is 1. The Labute approximate surface area is 149 Å². The molecule has 0 saturated carbocycles. The zero-order valence-corrected chi connectivity index (χ0v) is 14.1. The Morgan fingerprint density at radius 2 is 1.81 bits per heavy atom. The van der Waals surface area contributed by atoms with Crippen LogP contribution in [0, 0.1) is 0 Å². The van der Waals surface area contributed by atoms with Crippen LogP contribution in [-0.4, -0.2) is 55.3 Å². The summed E-state index contributed by atoms with van der Waals surface area (Å²) in [6.45, 7) is -0.403. The molecule has 2 aromatic heterocycles. The number of hydrogen-bond acceptors (Lipinski definition) is 8. The van der Waals surface area contributed by atoms with Crippen molar-refractivity contribution >= 4 is 27.3 Å². The molecule has 0 atom stereocenters. The van der Waals surface area contributed by atoms with Crippen LogP contribution in [0.15, 0.2) is 45.1 Å². The third-order valence-electron chi connectivity index (χ3n) is 3.02. The maximum Gasteiger partial charge on any atom is 0.334 e. The molecule has 3 aromatic rings. The van der Waals surface area contributed by atoms with Crippen molar-refractivity contribution in [1.82, 2.24) is 25.0 Å². The van der Waals surface area contributed by atoms with Gasteiger partial charge in [0.1, 0.15) is 6.54 Å². The SMILES string of the molecule is O=C(O)CNO.O=c1[nH]c2nc(S(=O)(=O)O)[nH]c2c(=O)n1-c1ccccc1. The standard InChI is InChI=1S/C11H8N4O5S.C2H5NO3/c16-9-7-8(13-10(12-7)21(18,19)20)14-11(17)15(9)6-4-2-1-3-5-6;4-2(5)1-3-6/h1-5H,(H,12,13)(H,14,17)(H,18,19,20);3,6H,1H2,(H,4,5). The smallest absolute Gasteiger partial charge is 0.334 e. The number of para-hydroxylation sites is 1. The fourth-order valence-electron chi connectivity index (χ4n) is 1.96. The summed E-state index contributed by atoms with van der Waals surface area (Å²) >= 11 is 0. The van der Waals surface area contributed by atoms with Gasteiger partial charge >= 0.3 is 21.8 Å². The van der Waals surface area contributed by atoms with Crippen LogP contribution < -0.4 is 16.7 Å². The highest BCUT2D eigenvalue weighted by Crippen LogP contribution is 2.08. The Kier molecular flexibility index (Phi) is 5.86. The summed E-state index contributed by atoms with van der Waals surface area (Å²) in [6.07, 6.45) is 0. The molecule has 0 amide bonds. The average Bonchev–Trinajstić information content (AvgIpc) is 3.01. The van der Waals surface area contributed by atoms with Gasteiger partial charge in [-0.15, -0.1) is 0 Å².